The van der Waals surface area contributed by atoms with E-state index in [1.165, 1.54) is 6.07 Å². The molecule has 0 unspecified atom stereocenters. The predicted octanol–water partition coefficient (Wildman–Crippen LogP) is 5.03. The average molecular weight is 365 g/mol. The van der Waals surface area contributed by atoms with Crippen molar-refractivity contribution in [2.45, 2.75) is 26.3 Å². The van der Waals surface area contributed by atoms with Crippen LogP contribution in [0.25, 0.3) is 0 Å². The number of benzene rings is 2. The Hall–Kier alpha value is -1.88. The first kappa shape index (κ1) is 16.5. The van der Waals surface area contributed by atoms with Gasteiger partial charge in [0.25, 0.3) is 0 Å². The Bertz CT molecular complexity index is 673. The van der Waals surface area contributed by atoms with Gasteiger partial charge in [0, 0.05) is 12.2 Å². The van der Waals surface area contributed by atoms with Crippen LogP contribution < -0.4 is 10.6 Å². The van der Waals surface area contributed by atoms with Crippen molar-refractivity contribution < 1.29 is 9.18 Å². The van der Waals surface area contributed by atoms with Gasteiger partial charge in [-0.05, 0) is 51.2 Å². The molecule has 116 valence electrons. The Morgan fingerprint density at radius 2 is 1.95 bits per heavy atom. The van der Waals surface area contributed by atoms with Crippen LogP contribution >= 0.6 is 15.9 Å². The number of carbonyl (C=O) groups excluding carboxylic acids is 1. The topological polar surface area (TPSA) is 41.1 Å². The van der Waals surface area contributed by atoms with Crippen LogP contribution in [0, 0.1) is 5.82 Å². The van der Waals surface area contributed by atoms with E-state index in [0.29, 0.717) is 16.9 Å². The van der Waals surface area contributed by atoms with Gasteiger partial charge >= 0.3 is 6.03 Å². The molecule has 2 rings (SSSR count). The van der Waals surface area contributed by atoms with Gasteiger partial charge in [-0.25, -0.2) is 9.18 Å². The first-order chi connectivity index (χ1) is 10.5. The number of para-hydroxylation sites is 1. The number of rotatable bonds is 4. The first-order valence-electron chi connectivity index (χ1n) is 7.05. The first-order valence-corrected chi connectivity index (χ1v) is 7.84. The maximum atomic E-state index is 13.2. The Morgan fingerprint density at radius 3 is 2.64 bits per heavy atom. The number of anilines is 1. The third-order valence-electron chi connectivity index (χ3n) is 3.27. The zero-order valence-electron chi connectivity index (χ0n) is 12.5. The summed E-state index contributed by atoms with van der Waals surface area (Å²) >= 11 is 3.13. The fourth-order valence-corrected chi connectivity index (χ4v) is 2.54. The number of amides is 2. The fraction of sp³-hybridized carbons (Fsp3) is 0.235. The summed E-state index contributed by atoms with van der Waals surface area (Å²) in [6.45, 7) is 4.48. The maximum absolute atomic E-state index is 13.2. The van der Waals surface area contributed by atoms with Crippen molar-refractivity contribution in [3.63, 3.8) is 0 Å². The molecule has 0 spiro atoms. The molecule has 2 N–H and O–H groups in total. The molecule has 3 nitrogen and oxygen atoms in total. The summed E-state index contributed by atoms with van der Waals surface area (Å²) in [6.07, 6.45) is 0. The minimum Gasteiger partial charge on any atom is -0.334 e. The van der Waals surface area contributed by atoms with Crippen LogP contribution in [-0.4, -0.2) is 6.03 Å². The normalized spacial score (nSPS) is 10.6. The molecule has 0 aliphatic heterocycles. The van der Waals surface area contributed by atoms with Crippen molar-refractivity contribution in [2.24, 2.45) is 0 Å². The van der Waals surface area contributed by atoms with Gasteiger partial charge in [-0.15, -0.1) is 0 Å². The molecule has 0 aliphatic rings. The quantitative estimate of drug-likeness (QED) is 0.784. The molecule has 5 heteroatoms. The van der Waals surface area contributed by atoms with E-state index in [1.54, 1.807) is 12.1 Å². The molecule has 2 amide bonds. The van der Waals surface area contributed by atoms with Gasteiger partial charge in [0.1, 0.15) is 5.82 Å². The van der Waals surface area contributed by atoms with E-state index in [1.807, 2.05) is 24.3 Å². The van der Waals surface area contributed by atoms with Crippen LogP contribution in [0.4, 0.5) is 14.9 Å². The molecule has 0 fully saturated rings. The van der Waals surface area contributed by atoms with E-state index in [-0.39, 0.29) is 11.8 Å². The summed E-state index contributed by atoms with van der Waals surface area (Å²) < 4.78 is 13.5. The lowest BCUT2D eigenvalue weighted by Gasteiger charge is -2.14. The summed E-state index contributed by atoms with van der Waals surface area (Å²) in [7, 11) is 0. The van der Waals surface area contributed by atoms with Crippen molar-refractivity contribution in [2.75, 3.05) is 5.32 Å². The second-order valence-corrected chi connectivity index (χ2v) is 6.15. The standard InChI is InChI=1S/C17H18BrFN2O/c1-11(2)13-5-3-4-6-16(13)21-17(22)20-10-12-7-8-15(19)14(18)9-12/h3-9,11H,10H2,1-2H3,(H2,20,21,22). The molecule has 0 aliphatic carbocycles. The van der Waals surface area contributed by atoms with Gasteiger partial charge in [0.15, 0.2) is 0 Å². The van der Waals surface area contributed by atoms with Crippen molar-refractivity contribution in [1.82, 2.24) is 5.32 Å². The van der Waals surface area contributed by atoms with Crippen LogP contribution in [0.3, 0.4) is 0 Å². The molecule has 0 atom stereocenters. The lowest BCUT2D eigenvalue weighted by molar-refractivity contribution is 0.251. The van der Waals surface area contributed by atoms with E-state index in [2.05, 4.69) is 40.4 Å². The van der Waals surface area contributed by atoms with E-state index < -0.39 is 0 Å². The molecule has 0 heterocycles. The molecular weight excluding hydrogens is 347 g/mol. The zero-order valence-corrected chi connectivity index (χ0v) is 14.1. The van der Waals surface area contributed by atoms with Crippen molar-refractivity contribution in [3.05, 3.63) is 63.9 Å². The van der Waals surface area contributed by atoms with Crippen molar-refractivity contribution in [1.29, 1.82) is 0 Å². The van der Waals surface area contributed by atoms with Gasteiger partial charge in [0.05, 0.1) is 4.47 Å². The van der Waals surface area contributed by atoms with Crippen molar-refractivity contribution >= 4 is 27.6 Å². The highest BCUT2D eigenvalue weighted by Crippen LogP contribution is 2.23. The van der Waals surface area contributed by atoms with Crippen LogP contribution in [0.1, 0.15) is 30.9 Å². The highest BCUT2D eigenvalue weighted by molar-refractivity contribution is 9.10. The monoisotopic (exact) mass is 364 g/mol. The summed E-state index contributed by atoms with van der Waals surface area (Å²) in [5, 5.41) is 5.62. The second-order valence-electron chi connectivity index (χ2n) is 5.30. The SMILES string of the molecule is CC(C)c1ccccc1NC(=O)NCc1ccc(F)c(Br)c1. The largest absolute Gasteiger partial charge is 0.334 e. The lowest BCUT2D eigenvalue weighted by Crippen LogP contribution is -2.28. The molecule has 22 heavy (non-hydrogen) atoms. The highest BCUT2D eigenvalue weighted by Gasteiger charge is 2.09. The van der Waals surface area contributed by atoms with Crippen LogP contribution in [0.15, 0.2) is 46.9 Å². The fourth-order valence-electron chi connectivity index (χ4n) is 2.11. The summed E-state index contributed by atoms with van der Waals surface area (Å²) in [4.78, 5) is 12.0. The third kappa shape index (κ3) is 4.31. The minimum absolute atomic E-state index is 0.284. The molecule has 2 aromatic carbocycles. The molecule has 0 radical (unpaired) electrons. The third-order valence-corrected chi connectivity index (χ3v) is 3.88. The number of hydrogen-bond acceptors (Lipinski definition) is 1. The number of nitrogens with one attached hydrogen (secondary N) is 2. The van der Waals surface area contributed by atoms with Crippen LogP contribution in [0.2, 0.25) is 0 Å². The molecule has 0 saturated heterocycles. The maximum Gasteiger partial charge on any atom is 0.319 e. The molecule has 0 bridgehead atoms. The Labute approximate surface area is 138 Å². The Kier molecular flexibility index (Phi) is 5.55. The Morgan fingerprint density at radius 1 is 1.23 bits per heavy atom. The van der Waals surface area contributed by atoms with Gasteiger partial charge < -0.3 is 10.6 Å². The molecular formula is C17H18BrFN2O. The van der Waals surface area contributed by atoms with E-state index >= 15 is 0 Å². The second kappa shape index (κ2) is 7.40. The molecule has 2 aromatic rings. The summed E-state index contributed by atoms with van der Waals surface area (Å²) in [6, 6.07) is 12.1. The summed E-state index contributed by atoms with van der Waals surface area (Å²) in [5.74, 6) is 0.00335. The van der Waals surface area contributed by atoms with Gasteiger partial charge in [-0.1, -0.05) is 38.1 Å². The van der Waals surface area contributed by atoms with E-state index in [9.17, 15) is 9.18 Å². The van der Waals surface area contributed by atoms with Crippen LogP contribution in [0.5, 0.6) is 0 Å². The molecule has 0 aromatic heterocycles. The smallest absolute Gasteiger partial charge is 0.319 e. The van der Waals surface area contributed by atoms with Gasteiger partial charge in [-0.3, -0.25) is 0 Å². The predicted molar refractivity (Wildman–Crippen MR) is 90.5 cm³/mol. The lowest BCUT2D eigenvalue weighted by atomic mass is 10.0. The minimum atomic E-state index is -0.320. The Balaban J connectivity index is 1.97. The van der Waals surface area contributed by atoms with Crippen LogP contribution in [-0.2, 0) is 6.54 Å². The number of urea groups is 1. The van der Waals surface area contributed by atoms with E-state index in [0.717, 1.165) is 16.8 Å². The number of halogens is 2. The molecule has 0 saturated carbocycles. The number of carbonyl (C=O) groups is 1. The highest BCUT2D eigenvalue weighted by atomic mass is 79.9. The average Bonchev–Trinajstić information content (AvgIpc) is 2.49. The van der Waals surface area contributed by atoms with Crippen molar-refractivity contribution in [3.8, 4) is 0 Å². The zero-order chi connectivity index (χ0) is 16.1. The van der Waals surface area contributed by atoms with E-state index in [4.69, 9.17) is 0 Å². The summed E-state index contributed by atoms with van der Waals surface area (Å²) in [5.41, 5.74) is 2.71. The number of hydrogen-bond donors (Lipinski definition) is 2. The van der Waals surface area contributed by atoms with Gasteiger partial charge in [0.2, 0.25) is 0 Å². The van der Waals surface area contributed by atoms with Gasteiger partial charge in [-0.2, -0.15) is 0 Å².